The molecule has 1 aliphatic heterocycles. The Balaban J connectivity index is 0.00000200. The summed E-state index contributed by atoms with van der Waals surface area (Å²) in [4.78, 5) is 14.6. The highest BCUT2D eigenvalue weighted by molar-refractivity contribution is 5.97. The maximum absolute atomic E-state index is 12.7. The molecule has 1 saturated heterocycles. The van der Waals surface area contributed by atoms with Crippen LogP contribution in [0.1, 0.15) is 30.1 Å². The van der Waals surface area contributed by atoms with Crippen LogP contribution in [0.15, 0.2) is 24.3 Å². The van der Waals surface area contributed by atoms with Gasteiger partial charge in [0.1, 0.15) is 5.75 Å². The van der Waals surface area contributed by atoms with Crippen molar-refractivity contribution in [3.05, 3.63) is 29.8 Å². The Morgan fingerprint density at radius 1 is 1.45 bits per heavy atom. The van der Waals surface area contributed by atoms with E-state index >= 15 is 0 Å². The second kappa shape index (κ2) is 7.50. The van der Waals surface area contributed by atoms with Crippen LogP contribution in [-0.2, 0) is 0 Å². The van der Waals surface area contributed by atoms with Crippen LogP contribution < -0.4 is 10.5 Å². The average molecular weight is 299 g/mol. The molecule has 0 spiro atoms. The number of carbonyl (C=O) groups excluding carboxylic acids is 1. The van der Waals surface area contributed by atoms with Gasteiger partial charge in [-0.3, -0.25) is 4.79 Å². The molecule has 2 unspecified atom stereocenters. The highest BCUT2D eigenvalue weighted by Crippen LogP contribution is 2.27. The number of methoxy groups -OCH3 is 1. The summed E-state index contributed by atoms with van der Waals surface area (Å²) in [7, 11) is 1.59. The lowest BCUT2D eigenvalue weighted by Crippen LogP contribution is -2.51. The fraction of sp³-hybridized carbons (Fsp3) is 0.533. The first-order chi connectivity index (χ1) is 9.19. The van der Waals surface area contributed by atoms with Crippen molar-refractivity contribution in [2.24, 2.45) is 11.7 Å². The number of piperidine rings is 1. The van der Waals surface area contributed by atoms with Crippen molar-refractivity contribution in [2.75, 3.05) is 20.2 Å². The smallest absolute Gasteiger partial charge is 0.257 e. The molecular weight excluding hydrogens is 276 g/mol. The molecule has 20 heavy (non-hydrogen) atoms. The first-order valence-corrected chi connectivity index (χ1v) is 6.83. The van der Waals surface area contributed by atoms with Crippen LogP contribution in [0.4, 0.5) is 0 Å². The minimum atomic E-state index is 0. The van der Waals surface area contributed by atoms with Crippen molar-refractivity contribution in [3.8, 4) is 5.75 Å². The van der Waals surface area contributed by atoms with Gasteiger partial charge in [0.15, 0.2) is 0 Å². The van der Waals surface area contributed by atoms with Crippen molar-refractivity contribution in [1.82, 2.24) is 4.90 Å². The lowest BCUT2D eigenvalue weighted by Gasteiger charge is -2.39. The number of rotatable bonds is 3. The van der Waals surface area contributed by atoms with Crippen LogP contribution in [-0.4, -0.2) is 37.0 Å². The molecule has 5 heteroatoms. The molecule has 1 heterocycles. The summed E-state index contributed by atoms with van der Waals surface area (Å²) in [6.07, 6.45) is 2.18. The second-order valence-corrected chi connectivity index (χ2v) is 5.12. The SMILES string of the molecule is COc1ccccc1C(=O)N1CCCC(C)C1CN.Cl. The van der Waals surface area contributed by atoms with Gasteiger partial charge in [0.05, 0.1) is 12.7 Å². The van der Waals surface area contributed by atoms with Gasteiger partial charge in [-0.05, 0) is 30.9 Å². The number of amides is 1. The molecule has 1 aromatic rings. The maximum atomic E-state index is 12.7. The van der Waals surface area contributed by atoms with Crippen molar-refractivity contribution in [1.29, 1.82) is 0 Å². The molecule has 2 atom stereocenters. The summed E-state index contributed by atoms with van der Waals surface area (Å²) in [5, 5.41) is 0. The van der Waals surface area contributed by atoms with E-state index in [2.05, 4.69) is 6.92 Å². The van der Waals surface area contributed by atoms with Gasteiger partial charge in [-0.2, -0.15) is 0 Å². The third-order valence-electron chi connectivity index (χ3n) is 3.96. The Bertz CT molecular complexity index is 453. The first kappa shape index (κ1) is 16.8. The first-order valence-electron chi connectivity index (χ1n) is 6.83. The third-order valence-corrected chi connectivity index (χ3v) is 3.96. The Morgan fingerprint density at radius 2 is 2.15 bits per heavy atom. The fourth-order valence-electron chi connectivity index (χ4n) is 2.84. The predicted molar refractivity (Wildman–Crippen MR) is 82.5 cm³/mol. The lowest BCUT2D eigenvalue weighted by molar-refractivity contribution is 0.0529. The molecule has 1 amide bonds. The molecule has 0 saturated carbocycles. The van der Waals surface area contributed by atoms with Gasteiger partial charge < -0.3 is 15.4 Å². The van der Waals surface area contributed by atoms with Crippen LogP contribution in [0.3, 0.4) is 0 Å². The minimum Gasteiger partial charge on any atom is -0.496 e. The van der Waals surface area contributed by atoms with E-state index in [9.17, 15) is 4.79 Å². The fourth-order valence-corrected chi connectivity index (χ4v) is 2.84. The molecule has 0 aliphatic carbocycles. The van der Waals surface area contributed by atoms with E-state index < -0.39 is 0 Å². The zero-order chi connectivity index (χ0) is 13.8. The number of nitrogens with two attached hydrogens (primary N) is 1. The van der Waals surface area contributed by atoms with Crippen LogP contribution in [0.25, 0.3) is 0 Å². The van der Waals surface area contributed by atoms with E-state index in [0.717, 1.165) is 19.4 Å². The van der Waals surface area contributed by atoms with Crippen molar-refractivity contribution >= 4 is 18.3 Å². The number of hydrogen-bond donors (Lipinski definition) is 1. The normalized spacial score (nSPS) is 22.1. The van der Waals surface area contributed by atoms with Gasteiger partial charge in [-0.1, -0.05) is 19.1 Å². The summed E-state index contributed by atoms with van der Waals surface area (Å²) < 4.78 is 5.27. The van der Waals surface area contributed by atoms with E-state index in [1.165, 1.54) is 0 Å². The van der Waals surface area contributed by atoms with E-state index in [1.54, 1.807) is 7.11 Å². The minimum absolute atomic E-state index is 0. The Morgan fingerprint density at radius 3 is 2.80 bits per heavy atom. The average Bonchev–Trinajstić information content (AvgIpc) is 2.46. The lowest BCUT2D eigenvalue weighted by atomic mass is 9.90. The molecule has 2 N–H and O–H groups in total. The highest BCUT2D eigenvalue weighted by atomic mass is 35.5. The number of ether oxygens (including phenoxy) is 1. The van der Waals surface area contributed by atoms with Crippen LogP contribution in [0, 0.1) is 5.92 Å². The Labute approximate surface area is 126 Å². The van der Waals surface area contributed by atoms with E-state index in [-0.39, 0.29) is 24.4 Å². The molecule has 4 nitrogen and oxygen atoms in total. The summed E-state index contributed by atoms with van der Waals surface area (Å²) in [5.41, 5.74) is 6.47. The molecule has 0 aromatic heterocycles. The van der Waals surface area contributed by atoms with Crippen LogP contribution in [0.2, 0.25) is 0 Å². The van der Waals surface area contributed by atoms with E-state index in [0.29, 0.717) is 23.8 Å². The molecule has 2 rings (SSSR count). The monoisotopic (exact) mass is 298 g/mol. The summed E-state index contributed by atoms with van der Waals surface area (Å²) in [6, 6.07) is 7.49. The van der Waals surface area contributed by atoms with Crippen molar-refractivity contribution in [2.45, 2.75) is 25.8 Å². The van der Waals surface area contributed by atoms with E-state index in [4.69, 9.17) is 10.5 Å². The molecule has 1 aliphatic rings. The zero-order valence-corrected chi connectivity index (χ0v) is 12.9. The van der Waals surface area contributed by atoms with Gasteiger partial charge >= 0.3 is 0 Å². The van der Waals surface area contributed by atoms with Crippen molar-refractivity contribution < 1.29 is 9.53 Å². The molecule has 1 fully saturated rings. The van der Waals surface area contributed by atoms with Gasteiger partial charge in [0.25, 0.3) is 5.91 Å². The topological polar surface area (TPSA) is 55.6 Å². The van der Waals surface area contributed by atoms with E-state index in [1.807, 2.05) is 29.2 Å². The number of carbonyl (C=O) groups is 1. The standard InChI is InChI=1S/C15H22N2O2.ClH/c1-11-6-5-9-17(13(11)10-16)15(18)12-7-3-4-8-14(12)19-2;/h3-4,7-8,11,13H,5-6,9-10,16H2,1-2H3;1H. The summed E-state index contributed by atoms with van der Waals surface area (Å²) >= 11 is 0. The van der Waals surface area contributed by atoms with Gasteiger partial charge in [0.2, 0.25) is 0 Å². The quantitative estimate of drug-likeness (QED) is 0.932. The number of halogens is 1. The maximum Gasteiger partial charge on any atom is 0.257 e. The van der Waals surface area contributed by atoms with Gasteiger partial charge in [-0.15, -0.1) is 12.4 Å². The molecule has 1 aromatic carbocycles. The molecule has 0 radical (unpaired) electrons. The number of hydrogen-bond acceptors (Lipinski definition) is 3. The second-order valence-electron chi connectivity index (χ2n) is 5.12. The van der Waals surface area contributed by atoms with Crippen LogP contribution >= 0.6 is 12.4 Å². The zero-order valence-electron chi connectivity index (χ0n) is 12.0. The van der Waals surface area contributed by atoms with Gasteiger partial charge in [-0.25, -0.2) is 0 Å². The number of nitrogens with zero attached hydrogens (tertiary/aromatic N) is 1. The Kier molecular flexibility index (Phi) is 6.30. The molecule has 112 valence electrons. The summed E-state index contributed by atoms with van der Waals surface area (Å²) in [5.74, 6) is 1.11. The Hall–Kier alpha value is -1.26. The third kappa shape index (κ3) is 3.25. The molecule has 0 bridgehead atoms. The van der Waals surface area contributed by atoms with Gasteiger partial charge in [0, 0.05) is 19.1 Å². The molecular formula is C15H23ClN2O2. The predicted octanol–water partition coefficient (Wildman–Crippen LogP) is 2.32. The number of para-hydroxylation sites is 1. The van der Waals surface area contributed by atoms with Crippen molar-refractivity contribution in [3.63, 3.8) is 0 Å². The summed E-state index contributed by atoms with van der Waals surface area (Å²) in [6.45, 7) is 3.46. The highest BCUT2D eigenvalue weighted by Gasteiger charge is 2.32. The largest absolute Gasteiger partial charge is 0.496 e. The number of benzene rings is 1. The van der Waals surface area contributed by atoms with Crippen LogP contribution in [0.5, 0.6) is 5.75 Å². The number of likely N-dealkylation sites (tertiary alicyclic amines) is 1.